The average molecular weight is 303 g/mol. The van der Waals surface area contributed by atoms with E-state index in [0.29, 0.717) is 5.52 Å². The molecule has 1 aliphatic rings. The number of hydrogen-bond donors (Lipinski definition) is 3. The number of para-hydroxylation sites is 1. The van der Waals surface area contributed by atoms with Crippen LogP contribution in [-0.4, -0.2) is 26.9 Å². The van der Waals surface area contributed by atoms with Crippen LogP contribution in [0.15, 0.2) is 46.6 Å². The van der Waals surface area contributed by atoms with Gasteiger partial charge in [-0.15, -0.1) is 0 Å². The van der Waals surface area contributed by atoms with Gasteiger partial charge in [0.05, 0.1) is 21.5 Å². The lowest BCUT2D eigenvalue weighted by molar-refractivity contribution is 0.0946. The van der Waals surface area contributed by atoms with Crippen molar-refractivity contribution in [1.82, 2.24) is 10.3 Å². The molecule has 0 aliphatic carbocycles. The first kappa shape index (κ1) is 13.6. The molecule has 6 nitrogen and oxygen atoms in total. The number of benzene rings is 1. The lowest BCUT2D eigenvalue weighted by atomic mass is 10.1. The quantitative estimate of drug-likeness (QED) is 0.776. The van der Waals surface area contributed by atoms with Gasteiger partial charge in [-0.2, -0.15) is 0 Å². The van der Waals surface area contributed by atoms with E-state index < -0.39 is 27.2 Å². The third-order valence-corrected chi connectivity index (χ3v) is 4.72. The maximum atomic E-state index is 12.2. The lowest BCUT2D eigenvalue weighted by Gasteiger charge is -2.10. The summed E-state index contributed by atoms with van der Waals surface area (Å²) < 4.78 is 19.0. The number of rotatable bonds is 2. The molecule has 7 heteroatoms. The van der Waals surface area contributed by atoms with Crippen molar-refractivity contribution < 1.29 is 9.00 Å². The van der Waals surface area contributed by atoms with Crippen molar-refractivity contribution in [1.29, 1.82) is 4.78 Å². The highest BCUT2D eigenvalue weighted by Gasteiger charge is 2.22. The Labute approximate surface area is 120 Å². The lowest BCUT2D eigenvalue weighted by Crippen LogP contribution is -2.38. The summed E-state index contributed by atoms with van der Waals surface area (Å²) in [4.78, 5) is 26.8. The normalized spacial score (nSPS) is 24.3. The predicted octanol–water partition coefficient (Wildman–Crippen LogP) is 1.20. The summed E-state index contributed by atoms with van der Waals surface area (Å²) in [5, 5.41) is 4.66. The zero-order valence-electron chi connectivity index (χ0n) is 11.0. The summed E-state index contributed by atoms with van der Waals surface area (Å²) >= 11 is 0. The Morgan fingerprint density at radius 3 is 2.86 bits per heavy atom. The third kappa shape index (κ3) is 2.73. The summed E-state index contributed by atoms with van der Waals surface area (Å²) in [6, 6.07) is 8.22. The first-order valence-electron chi connectivity index (χ1n) is 6.32. The largest absolute Gasteiger partial charge is 0.345 e. The molecule has 0 unspecified atom stereocenters. The molecule has 3 N–H and O–H groups in total. The van der Waals surface area contributed by atoms with Crippen molar-refractivity contribution in [3.8, 4) is 0 Å². The van der Waals surface area contributed by atoms with E-state index in [0.717, 1.165) is 5.39 Å². The zero-order chi connectivity index (χ0) is 15.0. The summed E-state index contributed by atoms with van der Waals surface area (Å²) in [6.07, 6.45) is 1.53. The fraction of sp³-hybridized carbons (Fsp3) is 0.143. The molecular weight excluding hydrogens is 290 g/mol. The van der Waals surface area contributed by atoms with Gasteiger partial charge in [-0.05, 0) is 17.5 Å². The number of aromatic nitrogens is 1. The summed E-state index contributed by atoms with van der Waals surface area (Å²) in [5.74, 6) is -0.488. The van der Waals surface area contributed by atoms with Crippen molar-refractivity contribution >= 4 is 26.5 Å². The standard InChI is InChI=1S/C14H13N3O3S/c15-21(20)6-5-10(8-21)16-13(18)11-7-9-3-1-2-4-12(9)17-14(11)19/h1-7,10,15H,8H2,(H,16,18)(H,17,19)/t10-,21+/m1/s1. The highest BCUT2D eigenvalue weighted by Crippen LogP contribution is 2.12. The highest BCUT2D eigenvalue weighted by molar-refractivity contribution is 7.95. The first-order chi connectivity index (χ1) is 9.94. The number of amides is 1. The van der Waals surface area contributed by atoms with Crippen molar-refractivity contribution in [3.63, 3.8) is 0 Å². The SMILES string of the molecule is N=[S@]1(=O)C=C[C@@H](NC(=O)c2cc3ccccc3[nH]c2=O)C1. The van der Waals surface area contributed by atoms with Gasteiger partial charge < -0.3 is 10.3 Å². The van der Waals surface area contributed by atoms with Crippen molar-refractivity contribution in [2.75, 3.05) is 5.75 Å². The molecule has 0 bridgehead atoms. The number of H-pyrrole nitrogens is 1. The van der Waals surface area contributed by atoms with E-state index >= 15 is 0 Å². The molecule has 2 atom stereocenters. The molecule has 1 aliphatic heterocycles. The molecule has 1 amide bonds. The second kappa shape index (κ2) is 4.85. The van der Waals surface area contributed by atoms with Crippen LogP contribution in [0.2, 0.25) is 0 Å². The number of nitrogens with one attached hydrogen (secondary N) is 3. The molecular formula is C14H13N3O3S. The molecule has 0 fully saturated rings. The second-order valence-electron chi connectivity index (χ2n) is 4.90. The van der Waals surface area contributed by atoms with Gasteiger partial charge in [0, 0.05) is 10.9 Å². The van der Waals surface area contributed by atoms with Crippen LogP contribution in [-0.2, 0) is 9.73 Å². The molecule has 2 heterocycles. The van der Waals surface area contributed by atoms with Crippen molar-refractivity contribution in [2.45, 2.75) is 6.04 Å². The molecule has 0 spiro atoms. The minimum atomic E-state index is -2.75. The Morgan fingerprint density at radius 1 is 1.38 bits per heavy atom. The minimum absolute atomic E-state index is 0.00507. The van der Waals surface area contributed by atoms with E-state index in [1.807, 2.05) is 6.07 Å². The monoisotopic (exact) mass is 303 g/mol. The Kier molecular flexibility index (Phi) is 3.13. The van der Waals surface area contributed by atoms with E-state index in [1.54, 1.807) is 18.2 Å². The fourth-order valence-corrected chi connectivity index (χ4v) is 3.53. The topological polar surface area (TPSA) is 103 Å². The van der Waals surface area contributed by atoms with Crippen LogP contribution in [0.25, 0.3) is 10.9 Å². The fourth-order valence-electron chi connectivity index (χ4n) is 2.25. The average Bonchev–Trinajstić information content (AvgIpc) is 2.77. The second-order valence-corrected chi connectivity index (χ2v) is 6.96. The van der Waals surface area contributed by atoms with Gasteiger partial charge in [0.1, 0.15) is 5.56 Å². The zero-order valence-corrected chi connectivity index (χ0v) is 11.8. The maximum Gasteiger partial charge on any atom is 0.261 e. The van der Waals surface area contributed by atoms with Gasteiger partial charge in [0.25, 0.3) is 11.5 Å². The molecule has 2 aromatic rings. The van der Waals surface area contributed by atoms with Gasteiger partial charge in [-0.25, -0.2) is 8.99 Å². The third-order valence-electron chi connectivity index (χ3n) is 3.27. The number of carbonyl (C=O) groups is 1. The highest BCUT2D eigenvalue weighted by atomic mass is 32.2. The summed E-state index contributed by atoms with van der Waals surface area (Å²) in [6.45, 7) is 0. The molecule has 0 radical (unpaired) electrons. The van der Waals surface area contributed by atoms with Gasteiger partial charge in [-0.1, -0.05) is 24.3 Å². The summed E-state index contributed by atoms with van der Waals surface area (Å²) in [5.41, 5.74) is 0.194. The van der Waals surface area contributed by atoms with Gasteiger partial charge in [-0.3, -0.25) is 9.59 Å². The maximum absolute atomic E-state index is 12.2. The van der Waals surface area contributed by atoms with Gasteiger partial charge >= 0.3 is 0 Å². The molecule has 0 saturated carbocycles. The number of aromatic amines is 1. The molecule has 1 aromatic carbocycles. The van der Waals surface area contributed by atoms with Crippen LogP contribution in [0.4, 0.5) is 0 Å². The van der Waals surface area contributed by atoms with Gasteiger partial charge in [0.2, 0.25) is 0 Å². The Hall–Kier alpha value is -2.41. The molecule has 108 valence electrons. The van der Waals surface area contributed by atoms with E-state index in [9.17, 15) is 13.8 Å². The van der Waals surface area contributed by atoms with Crippen LogP contribution >= 0.6 is 0 Å². The Bertz CT molecular complexity index is 912. The van der Waals surface area contributed by atoms with Crippen molar-refractivity contribution in [2.24, 2.45) is 0 Å². The molecule has 1 aromatic heterocycles. The Morgan fingerprint density at radius 2 is 2.14 bits per heavy atom. The van der Waals surface area contributed by atoms with Crippen LogP contribution in [0, 0.1) is 4.78 Å². The first-order valence-corrected chi connectivity index (χ1v) is 8.11. The van der Waals surface area contributed by atoms with Crippen molar-refractivity contribution in [3.05, 3.63) is 57.7 Å². The van der Waals surface area contributed by atoms with E-state index in [1.165, 1.54) is 17.6 Å². The molecule has 3 rings (SSSR count). The predicted molar refractivity (Wildman–Crippen MR) is 80.7 cm³/mol. The van der Waals surface area contributed by atoms with E-state index in [4.69, 9.17) is 4.78 Å². The van der Waals surface area contributed by atoms with Crippen LogP contribution in [0.5, 0.6) is 0 Å². The van der Waals surface area contributed by atoms with Gasteiger partial charge in [0.15, 0.2) is 0 Å². The van der Waals surface area contributed by atoms with Crippen LogP contribution in [0.3, 0.4) is 0 Å². The van der Waals surface area contributed by atoms with E-state index in [2.05, 4.69) is 10.3 Å². The van der Waals surface area contributed by atoms with Crippen LogP contribution < -0.4 is 10.9 Å². The minimum Gasteiger partial charge on any atom is -0.345 e. The number of pyridine rings is 1. The van der Waals surface area contributed by atoms with Crippen LogP contribution in [0.1, 0.15) is 10.4 Å². The number of hydrogen-bond acceptors (Lipinski definition) is 4. The number of carbonyl (C=O) groups excluding carboxylic acids is 1. The Balaban J connectivity index is 1.90. The smallest absolute Gasteiger partial charge is 0.261 e. The summed E-state index contributed by atoms with van der Waals surface area (Å²) in [7, 11) is -2.75. The molecule has 21 heavy (non-hydrogen) atoms. The number of fused-ring (bicyclic) bond motifs is 1. The molecule has 0 saturated heterocycles. The van der Waals surface area contributed by atoms with E-state index in [-0.39, 0.29) is 11.3 Å².